The van der Waals surface area contributed by atoms with Gasteiger partial charge in [-0.15, -0.1) is 0 Å². The molecule has 0 aromatic rings. The first-order valence-corrected chi connectivity index (χ1v) is 6.43. The number of hydrogen-bond acceptors (Lipinski definition) is 2. The Hall–Kier alpha value is -0.0800. The first kappa shape index (κ1) is 15.9. The highest BCUT2D eigenvalue weighted by molar-refractivity contribution is 4.76. The highest BCUT2D eigenvalue weighted by Crippen LogP contribution is 2.24. The van der Waals surface area contributed by atoms with Crippen LogP contribution in [0.5, 0.6) is 0 Å². The lowest BCUT2D eigenvalue weighted by molar-refractivity contribution is -0.121. The molecule has 0 aliphatic heterocycles. The lowest BCUT2D eigenvalue weighted by Gasteiger charge is -2.34. The Balaban J connectivity index is 4.18. The van der Waals surface area contributed by atoms with Crippen molar-refractivity contribution in [2.45, 2.75) is 91.6 Å². The van der Waals surface area contributed by atoms with E-state index in [1.165, 1.54) is 0 Å². The third kappa shape index (κ3) is 7.24. The van der Waals surface area contributed by atoms with Crippen molar-refractivity contribution >= 4 is 0 Å². The van der Waals surface area contributed by atoms with Crippen molar-refractivity contribution in [2.75, 3.05) is 0 Å². The fourth-order valence-electron chi connectivity index (χ4n) is 2.05. The molecule has 0 N–H and O–H groups in total. The summed E-state index contributed by atoms with van der Waals surface area (Å²) < 4.78 is 11.9. The topological polar surface area (TPSA) is 18.5 Å². The molecule has 2 heteroatoms. The van der Waals surface area contributed by atoms with Gasteiger partial charge in [-0.1, -0.05) is 6.92 Å². The summed E-state index contributed by atoms with van der Waals surface area (Å²) in [5, 5.41) is 0. The SMILES string of the molecule is CCC(C)(C)OC(C)CC(C)(C)OC(C)C. The molecule has 0 aliphatic carbocycles. The standard InChI is InChI=1S/C14H30O2/c1-9-13(5,6)16-12(4)10-14(7,8)15-11(2)3/h11-12H,9-10H2,1-8H3. The van der Waals surface area contributed by atoms with Crippen molar-refractivity contribution in [3.05, 3.63) is 0 Å². The van der Waals surface area contributed by atoms with Crippen molar-refractivity contribution in [3.63, 3.8) is 0 Å². The van der Waals surface area contributed by atoms with E-state index in [4.69, 9.17) is 9.47 Å². The van der Waals surface area contributed by atoms with Gasteiger partial charge in [-0.25, -0.2) is 0 Å². The Morgan fingerprint density at radius 3 is 1.75 bits per heavy atom. The normalized spacial score (nSPS) is 15.6. The van der Waals surface area contributed by atoms with E-state index in [1.807, 2.05) is 0 Å². The minimum Gasteiger partial charge on any atom is -0.373 e. The molecule has 1 atom stereocenters. The number of hydrogen-bond donors (Lipinski definition) is 0. The smallest absolute Gasteiger partial charge is 0.0654 e. The van der Waals surface area contributed by atoms with Crippen LogP contribution >= 0.6 is 0 Å². The molecular formula is C14H30O2. The highest BCUT2D eigenvalue weighted by Gasteiger charge is 2.27. The molecule has 0 rings (SSSR count). The summed E-state index contributed by atoms with van der Waals surface area (Å²) in [6, 6.07) is 0. The molecule has 98 valence electrons. The lowest BCUT2D eigenvalue weighted by atomic mass is 9.99. The van der Waals surface area contributed by atoms with Crippen LogP contribution < -0.4 is 0 Å². The minimum atomic E-state index is -0.114. The van der Waals surface area contributed by atoms with E-state index in [2.05, 4.69) is 55.4 Å². The van der Waals surface area contributed by atoms with Gasteiger partial charge >= 0.3 is 0 Å². The van der Waals surface area contributed by atoms with Crippen LogP contribution in [0, 0.1) is 0 Å². The van der Waals surface area contributed by atoms with Crippen molar-refractivity contribution in [2.24, 2.45) is 0 Å². The Bertz CT molecular complexity index is 195. The molecule has 0 bridgehead atoms. The van der Waals surface area contributed by atoms with Gasteiger partial charge < -0.3 is 9.47 Å². The van der Waals surface area contributed by atoms with Crippen LogP contribution in [0.1, 0.15) is 68.2 Å². The molecule has 0 aliphatic rings. The van der Waals surface area contributed by atoms with Crippen LogP contribution in [0.25, 0.3) is 0 Å². The minimum absolute atomic E-state index is 0.0344. The van der Waals surface area contributed by atoms with E-state index in [9.17, 15) is 0 Å². The molecule has 0 heterocycles. The summed E-state index contributed by atoms with van der Waals surface area (Å²) in [7, 11) is 0. The molecule has 16 heavy (non-hydrogen) atoms. The quantitative estimate of drug-likeness (QED) is 0.653. The summed E-state index contributed by atoms with van der Waals surface area (Å²) >= 11 is 0. The maximum Gasteiger partial charge on any atom is 0.0654 e. The monoisotopic (exact) mass is 230 g/mol. The lowest BCUT2D eigenvalue weighted by Crippen LogP contribution is -2.36. The van der Waals surface area contributed by atoms with Gasteiger partial charge in [0.25, 0.3) is 0 Å². The average Bonchev–Trinajstić information content (AvgIpc) is 1.98. The molecular weight excluding hydrogens is 200 g/mol. The molecule has 0 radical (unpaired) electrons. The zero-order valence-corrected chi connectivity index (χ0v) is 12.4. The molecule has 0 aromatic heterocycles. The maximum atomic E-state index is 6.02. The van der Waals surface area contributed by atoms with Gasteiger partial charge in [0.1, 0.15) is 0 Å². The zero-order valence-electron chi connectivity index (χ0n) is 12.4. The largest absolute Gasteiger partial charge is 0.373 e. The zero-order chi connectivity index (χ0) is 13.0. The predicted molar refractivity (Wildman–Crippen MR) is 69.8 cm³/mol. The van der Waals surface area contributed by atoms with Crippen molar-refractivity contribution < 1.29 is 9.47 Å². The van der Waals surface area contributed by atoms with Crippen LogP contribution in [-0.4, -0.2) is 23.4 Å². The van der Waals surface area contributed by atoms with Crippen LogP contribution in [0.3, 0.4) is 0 Å². The molecule has 0 spiro atoms. The summed E-state index contributed by atoms with van der Waals surface area (Å²) in [6.45, 7) is 17.0. The van der Waals surface area contributed by atoms with E-state index < -0.39 is 0 Å². The molecule has 2 nitrogen and oxygen atoms in total. The Morgan fingerprint density at radius 1 is 0.875 bits per heavy atom. The Kier molecular flexibility index (Phi) is 5.99. The van der Waals surface area contributed by atoms with Crippen molar-refractivity contribution in [3.8, 4) is 0 Å². The molecule has 0 saturated carbocycles. The van der Waals surface area contributed by atoms with Gasteiger partial charge in [0.05, 0.1) is 23.4 Å². The van der Waals surface area contributed by atoms with Gasteiger partial charge in [-0.2, -0.15) is 0 Å². The van der Waals surface area contributed by atoms with Crippen LogP contribution in [0.2, 0.25) is 0 Å². The summed E-state index contributed by atoms with van der Waals surface area (Å²) in [5.41, 5.74) is -0.148. The first-order chi connectivity index (χ1) is 7.08. The van der Waals surface area contributed by atoms with Crippen LogP contribution in [0.4, 0.5) is 0 Å². The first-order valence-electron chi connectivity index (χ1n) is 6.43. The number of ether oxygens (including phenoxy) is 2. The summed E-state index contributed by atoms with van der Waals surface area (Å²) in [5.74, 6) is 0. The summed E-state index contributed by atoms with van der Waals surface area (Å²) in [6.07, 6.45) is 2.45. The third-order valence-electron chi connectivity index (χ3n) is 2.71. The van der Waals surface area contributed by atoms with Crippen molar-refractivity contribution in [1.29, 1.82) is 0 Å². The van der Waals surface area contributed by atoms with Gasteiger partial charge in [0, 0.05) is 6.42 Å². The van der Waals surface area contributed by atoms with Gasteiger partial charge in [-0.3, -0.25) is 0 Å². The maximum absolute atomic E-state index is 6.02. The van der Waals surface area contributed by atoms with E-state index >= 15 is 0 Å². The second-order valence-electron chi connectivity index (χ2n) is 6.17. The fourth-order valence-corrected chi connectivity index (χ4v) is 2.05. The molecule has 1 unspecified atom stereocenters. The molecule has 0 amide bonds. The molecule has 0 saturated heterocycles. The second kappa shape index (κ2) is 6.02. The van der Waals surface area contributed by atoms with Crippen LogP contribution in [-0.2, 0) is 9.47 Å². The van der Waals surface area contributed by atoms with E-state index in [1.54, 1.807) is 0 Å². The second-order valence-corrected chi connectivity index (χ2v) is 6.17. The summed E-state index contributed by atoms with van der Waals surface area (Å²) in [4.78, 5) is 0. The predicted octanol–water partition coefficient (Wildman–Crippen LogP) is 4.17. The van der Waals surface area contributed by atoms with Gasteiger partial charge in [0.15, 0.2) is 0 Å². The Morgan fingerprint density at radius 2 is 1.38 bits per heavy atom. The fraction of sp³-hybridized carbons (Fsp3) is 1.00. The van der Waals surface area contributed by atoms with Gasteiger partial charge in [-0.05, 0) is 54.9 Å². The Labute approximate surface area is 102 Å². The van der Waals surface area contributed by atoms with E-state index in [0.717, 1.165) is 12.8 Å². The van der Waals surface area contributed by atoms with E-state index in [-0.39, 0.29) is 23.4 Å². The average molecular weight is 230 g/mol. The van der Waals surface area contributed by atoms with Crippen molar-refractivity contribution in [1.82, 2.24) is 0 Å². The third-order valence-corrected chi connectivity index (χ3v) is 2.71. The highest BCUT2D eigenvalue weighted by atomic mass is 16.5. The number of rotatable bonds is 7. The van der Waals surface area contributed by atoms with Crippen LogP contribution in [0.15, 0.2) is 0 Å². The molecule has 0 aromatic carbocycles. The molecule has 0 fully saturated rings. The van der Waals surface area contributed by atoms with E-state index in [0.29, 0.717) is 0 Å². The van der Waals surface area contributed by atoms with Gasteiger partial charge in [0.2, 0.25) is 0 Å².